The van der Waals surface area contributed by atoms with Crippen molar-refractivity contribution in [1.82, 2.24) is 9.58 Å². The molecule has 1 amide bonds. The van der Waals surface area contributed by atoms with Crippen LogP contribution in [0, 0.1) is 17.6 Å². The molecule has 1 aromatic heterocycles. The second-order valence-electron chi connectivity index (χ2n) is 8.81. The second kappa shape index (κ2) is 10.6. The number of ether oxygens (including phenoxy) is 1. The van der Waals surface area contributed by atoms with Crippen LogP contribution in [0.15, 0.2) is 77.7 Å². The number of carbonyl (C=O) groups is 1. The van der Waals surface area contributed by atoms with Crippen LogP contribution in [-0.4, -0.2) is 39.9 Å². The van der Waals surface area contributed by atoms with Gasteiger partial charge in [-0.2, -0.15) is 4.39 Å². The second-order valence-corrected chi connectivity index (χ2v) is 8.81. The smallest absolute Gasteiger partial charge is 0.278 e. The molecule has 1 unspecified atom stereocenters. The number of aromatic hydroxyl groups is 1. The number of amides is 1. The molecule has 1 aliphatic heterocycles. The highest BCUT2D eigenvalue weighted by atomic mass is 19.2. The van der Waals surface area contributed by atoms with Crippen LogP contribution < -0.4 is 15.2 Å². The van der Waals surface area contributed by atoms with E-state index in [-0.39, 0.29) is 30.6 Å². The average molecular weight is 496 g/mol. The van der Waals surface area contributed by atoms with E-state index >= 15 is 0 Å². The van der Waals surface area contributed by atoms with Crippen LogP contribution in [0.4, 0.5) is 8.78 Å². The van der Waals surface area contributed by atoms with Crippen LogP contribution in [0.25, 0.3) is 0 Å². The fraction of sp³-hybridized carbons (Fsp3) is 0.259. The lowest BCUT2D eigenvalue weighted by Gasteiger charge is -2.43. The van der Waals surface area contributed by atoms with Crippen molar-refractivity contribution in [3.63, 3.8) is 0 Å². The Balaban J connectivity index is 1.61. The van der Waals surface area contributed by atoms with E-state index in [9.17, 15) is 23.5 Å². The van der Waals surface area contributed by atoms with Gasteiger partial charge in [0.15, 0.2) is 23.0 Å². The highest BCUT2D eigenvalue weighted by molar-refractivity contribution is 5.96. The van der Waals surface area contributed by atoms with Gasteiger partial charge in [0.05, 0.1) is 12.6 Å². The predicted molar refractivity (Wildman–Crippen MR) is 131 cm³/mol. The van der Waals surface area contributed by atoms with E-state index in [1.807, 2.05) is 49.2 Å². The molecule has 188 valence electrons. The molecular weight excluding hydrogens is 468 g/mol. The molecule has 0 fully saturated rings. The Morgan fingerprint density at radius 2 is 1.81 bits per heavy atom. The van der Waals surface area contributed by atoms with Crippen LogP contribution in [-0.2, 0) is 6.54 Å². The summed E-state index contributed by atoms with van der Waals surface area (Å²) < 4.78 is 34.1. The first-order chi connectivity index (χ1) is 17.3. The maximum Gasteiger partial charge on any atom is 0.278 e. The largest absolute Gasteiger partial charge is 0.502 e. The van der Waals surface area contributed by atoms with E-state index < -0.39 is 34.8 Å². The fourth-order valence-corrected chi connectivity index (χ4v) is 4.16. The van der Waals surface area contributed by atoms with Crippen LogP contribution in [0.1, 0.15) is 29.9 Å². The van der Waals surface area contributed by atoms with Crippen LogP contribution >= 0.6 is 0 Å². The molecule has 7 nitrogen and oxygen atoms in total. The Morgan fingerprint density at radius 1 is 1.06 bits per heavy atom. The van der Waals surface area contributed by atoms with Gasteiger partial charge in [-0.15, -0.1) is 0 Å². The summed E-state index contributed by atoms with van der Waals surface area (Å²) in [5, 5.41) is 12.4. The molecule has 1 atom stereocenters. The number of hydrogen-bond donors (Lipinski definition) is 1. The van der Waals surface area contributed by atoms with Crippen molar-refractivity contribution in [2.75, 3.05) is 18.3 Å². The van der Waals surface area contributed by atoms with Crippen LogP contribution in [0.5, 0.6) is 11.5 Å². The Labute approximate surface area is 207 Å². The molecule has 36 heavy (non-hydrogen) atoms. The molecule has 0 bridgehead atoms. The monoisotopic (exact) mass is 495 g/mol. The number of nitrogens with zero attached hydrogens (tertiary/aromatic N) is 3. The minimum atomic E-state index is -1.06. The molecule has 2 aromatic carbocycles. The molecule has 0 spiro atoms. The first-order valence-electron chi connectivity index (χ1n) is 11.6. The van der Waals surface area contributed by atoms with Crippen molar-refractivity contribution in [3.05, 3.63) is 106 Å². The summed E-state index contributed by atoms with van der Waals surface area (Å²) in [6.07, 6.45) is 4.88. The van der Waals surface area contributed by atoms with Gasteiger partial charge in [-0.05, 0) is 29.7 Å². The molecule has 1 N–H and O–H groups in total. The number of fused-ring (bicyclic) bond motifs is 1. The Morgan fingerprint density at radius 3 is 2.53 bits per heavy atom. The quantitative estimate of drug-likeness (QED) is 0.478. The summed E-state index contributed by atoms with van der Waals surface area (Å²) in [4.78, 5) is 27.2. The topological polar surface area (TPSA) is 75.0 Å². The minimum absolute atomic E-state index is 0.0410. The number of hydrogen-bond acceptors (Lipinski definition) is 5. The lowest BCUT2D eigenvalue weighted by Crippen LogP contribution is -2.57. The number of rotatable bonds is 8. The van der Waals surface area contributed by atoms with E-state index in [1.165, 1.54) is 29.1 Å². The SMILES string of the molecule is CC(C)C(/C=C/COc1cccc(F)c1F)N1CN(Cc2ccccc2)n2ccc(=O)c(O)c2C1=O. The summed E-state index contributed by atoms with van der Waals surface area (Å²) >= 11 is 0. The standard InChI is InChI=1S/C27H27F2N3O4/c1-18(2)21(11-7-15-36-23-12-6-10-20(28)24(23)29)31-17-30(16-19-8-4-3-5-9-19)32-14-13-22(33)26(34)25(32)27(31)35/h3-14,18,21,34H,15-17H2,1-2H3/b11-7+. The Kier molecular flexibility index (Phi) is 7.38. The minimum Gasteiger partial charge on any atom is -0.502 e. The van der Waals surface area contributed by atoms with E-state index in [2.05, 4.69) is 0 Å². The van der Waals surface area contributed by atoms with E-state index in [4.69, 9.17) is 4.74 Å². The predicted octanol–water partition coefficient (Wildman–Crippen LogP) is 4.04. The van der Waals surface area contributed by atoms with E-state index in [0.717, 1.165) is 11.6 Å². The summed E-state index contributed by atoms with van der Waals surface area (Å²) in [5.74, 6) is -3.41. The van der Waals surface area contributed by atoms with Crippen molar-refractivity contribution >= 4 is 5.91 Å². The Bertz CT molecular complexity index is 1320. The van der Waals surface area contributed by atoms with Crippen molar-refractivity contribution in [2.45, 2.75) is 26.4 Å². The highest BCUT2D eigenvalue weighted by Crippen LogP contribution is 2.26. The number of halogens is 2. The zero-order valence-electron chi connectivity index (χ0n) is 20.0. The molecule has 0 saturated heterocycles. The fourth-order valence-electron chi connectivity index (χ4n) is 4.16. The summed E-state index contributed by atoms with van der Waals surface area (Å²) in [7, 11) is 0. The first kappa shape index (κ1) is 25.0. The van der Waals surface area contributed by atoms with Crippen LogP contribution in [0.2, 0.25) is 0 Å². The molecule has 3 aromatic rings. The third-order valence-electron chi connectivity index (χ3n) is 5.97. The molecular formula is C27H27F2N3O4. The zero-order chi connectivity index (χ0) is 25.8. The van der Waals surface area contributed by atoms with E-state index in [1.54, 1.807) is 17.1 Å². The van der Waals surface area contributed by atoms with Gasteiger partial charge in [-0.1, -0.05) is 56.3 Å². The van der Waals surface area contributed by atoms with Crippen molar-refractivity contribution < 1.29 is 23.4 Å². The molecule has 0 saturated carbocycles. The van der Waals surface area contributed by atoms with Crippen molar-refractivity contribution in [1.29, 1.82) is 0 Å². The number of aromatic nitrogens is 1. The molecule has 9 heteroatoms. The maximum absolute atomic E-state index is 13.9. The average Bonchev–Trinajstić information content (AvgIpc) is 2.86. The van der Waals surface area contributed by atoms with Gasteiger partial charge in [0.2, 0.25) is 11.2 Å². The lowest BCUT2D eigenvalue weighted by molar-refractivity contribution is 0.0594. The summed E-state index contributed by atoms with van der Waals surface area (Å²) in [6, 6.07) is 14.1. The number of pyridine rings is 1. The van der Waals surface area contributed by atoms with E-state index in [0.29, 0.717) is 6.54 Å². The van der Waals surface area contributed by atoms with Gasteiger partial charge < -0.3 is 14.7 Å². The van der Waals surface area contributed by atoms with Crippen LogP contribution in [0.3, 0.4) is 0 Å². The molecule has 4 rings (SSSR count). The van der Waals surface area contributed by atoms with Crippen molar-refractivity contribution in [3.8, 4) is 11.5 Å². The molecule has 2 heterocycles. The third-order valence-corrected chi connectivity index (χ3v) is 5.97. The molecule has 0 aliphatic carbocycles. The van der Waals surface area contributed by atoms with Gasteiger partial charge in [0.1, 0.15) is 13.3 Å². The normalized spacial score (nSPS) is 14.4. The highest BCUT2D eigenvalue weighted by Gasteiger charge is 2.36. The summed E-state index contributed by atoms with van der Waals surface area (Å²) in [5.41, 5.74) is 0.234. The zero-order valence-corrected chi connectivity index (χ0v) is 20.0. The number of benzene rings is 2. The summed E-state index contributed by atoms with van der Waals surface area (Å²) in [6.45, 7) is 4.44. The Hall–Kier alpha value is -4.14. The van der Waals surface area contributed by atoms with Gasteiger partial charge in [0, 0.05) is 12.3 Å². The molecule has 0 radical (unpaired) electrons. The first-order valence-corrected chi connectivity index (χ1v) is 11.6. The maximum atomic E-state index is 13.9. The number of carbonyl (C=O) groups excluding carboxylic acids is 1. The molecule has 1 aliphatic rings. The van der Waals surface area contributed by atoms with Gasteiger partial charge in [0.25, 0.3) is 5.91 Å². The third kappa shape index (κ3) is 5.10. The van der Waals surface area contributed by atoms with Gasteiger partial charge in [-0.3, -0.25) is 19.3 Å². The van der Waals surface area contributed by atoms with Gasteiger partial charge >= 0.3 is 0 Å². The lowest BCUT2D eigenvalue weighted by atomic mass is 10.0. The van der Waals surface area contributed by atoms with Crippen molar-refractivity contribution in [2.24, 2.45) is 5.92 Å². The van der Waals surface area contributed by atoms with Gasteiger partial charge in [-0.25, -0.2) is 4.39 Å².